The normalized spacial score (nSPS) is 15.4. The Morgan fingerprint density at radius 1 is 1.07 bits per heavy atom. The van der Waals surface area contributed by atoms with Gasteiger partial charge in [0.2, 0.25) is 10.0 Å². The molecule has 0 atom stereocenters. The smallest absolute Gasteiger partial charge is 0.368 e. The number of benzene rings is 2. The lowest BCUT2D eigenvalue weighted by molar-refractivity contribution is -0.137. The molecule has 1 fully saturated rings. The molecule has 1 N–H and O–H groups in total. The zero-order chi connectivity index (χ0) is 22.1. The molecule has 0 saturated carbocycles. The van der Waals surface area contributed by atoms with Gasteiger partial charge in [-0.2, -0.15) is 13.2 Å². The Balaban J connectivity index is 1.74. The summed E-state index contributed by atoms with van der Waals surface area (Å²) in [6, 6.07) is 8.90. The minimum absolute atomic E-state index is 0.0560. The second-order valence-corrected chi connectivity index (χ2v) is 8.97. The molecule has 6 nitrogen and oxygen atoms in total. The molecule has 0 spiro atoms. The zero-order valence-corrected chi connectivity index (χ0v) is 17.5. The van der Waals surface area contributed by atoms with E-state index in [-0.39, 0.29) is 28.6 Å². The van der Waals surface area contributed by atoms with Crippen molar-refractivity contribution in [3.05, 3.63) is 58.6 Å². The second-order valence-electron chi connectivity index (χ2n) is 6.68. The van der Waals surface area contributed by atoms with E-state index in [0.717, 1.165) is 12.1 Å². The third-order valence-electron chi connectivity index (χ3n) is 4.85. The van der Waals surface area contributed by atoms with Crippen LogP contribution in [0.4, 0.5) is 18.9 Å². The number of nitrogens with zero attached hydrogens (tertiary/aromatic N) is 2. The van der Waals surface area contributed by atoms with Crippen molar-refractivity contribution in [1.29, 1.82) is 0 Å². The summed E-state index contributed by atoms with van der Waals surface area (Å²) in [6.07, 6.45) is -4.43. The lowest BCUT2D eigenvalue weighted by atomic mass is 10.1. The Bertz CT molecular complexity index is 1050. The first-order valence-corrected chi connectivity index (χ1v) is 10.8. The molecule has 1 aliphatic heterocycles. The number of anilines is 1. The van der Waals surface area contributed by atoms with Gasteiger partial charge in [-0.1, -0.05) is 17.7 Å². The first kappa shape index (κ1) is 22.4. The van der Waals surface area contributed by atoms with Crippen LogP contribution in [-0.4, -0.2) is 52.5 Å². The molecule has 0 unspecified atom stereocenters. The van der Waals surface area contributed by atoms with E-state index >= 15 is 0 Å². The van der Waals surface area contributed by atoms with Crippen LogP contribution in [0, 0.1) is 0 Å². The number of carbonyl (C=O) groups is 1. The number of amides is 1. The van der Waals surface area contributed by atoms with Crippen LogP contribution in [-0.2, 0) is 16.2 Å². The average molecular weight is 462 g/mol. The monoisotopic (exact) mass is 461 g/mol. The van der Waals surface area contributed by atoms with E-state index in [1.807, 2.05) is 0 Å². The fraction of sp³-hybridized carbons (Fsp3) is 0.316. The molecule has 0 aliphatic carbocycles. The van der Waals surface area contributed by atoms with Crippen molar-refractivity contribution in [2.24, 2.45) is 0 Å². The van der Waals surface area contributed by atoms with Crippen LogP contribution in [0.15, 0.2) is 47.4 Å². The molecule has 1 saturated heterocycles. The summed E-state index contributed by atoms with van der Waals surface area (Å²) in [5, 5.41) is 0.121. The van der Waals surface area contributed by atoms with Crippen molar-refractivity contribution in [1.82, 2.24) is 9.62 Å². The predicted octanol–water partition coefficient (Wildman–Crippen LogP) is 3.23. The lowest BCUT2D eigenvalue weighted by Crippen LogP contribution is -2.49. The van der Waals surface area contributed by atoms with Gasteiger partial charge in [0.25, 0.3) is 5.91 Å². The van der Waals surface area contributed by atoms with E-state index < -0.39 is 27.7 Å². The van der Waals surface area contributed by atoms with Crippen LogP contribution >= 0.6 is 11.6 Å². The molecular weight excluding hydrogens is 443 g/mol. The van der Waals surface area contributed by atoms with Crippen LogP contribution in [0.25, 0.3) is 0 Å². The van der Waals surface area contributed by atoms with Gasteiger partial charge in [-0.05, 0) is 43.4 Å². The van der Waals surface area contributed by atoms with Crippen LogP contribution in [0.2, 0.25) is 5.02 Å². The Morgan fingerprint density at radius 3 is 2.33 bits per heavy atom. The molecule has 0 bridgehead atoms. The lowest BCUT2D eigenvalue weighted by Gasteiger charge is -2.36. The molecule has 1 aliphatic rings. The molecule has 2 aromatic carbocycles. The van der Waals surface area contributed by atoms with E-state index in [1.54, 1.807) is 11.0 Å². The molecule has 0 aromatic heterocycles. The third-order valence-corrected chi connectivity index (χ3v) is 6.59. The van der Waals surface area contributed by atoms with E-state index in [0.29, 0.717) is 18.8 Å². The zero-order valence-electron chi connectivity index (χ0n) is 15.9. The molecule has 30 heavy (non-hydrogen) atoms. The minimum Gasteiger partial charge on any atom is -0.368 e. The Kier molecular flexibility index (Phi) is 6.30. The van der Waals surface area contributed by atoms with Crippen molar-refractivity contribution in [2.75, 3.05) is 38.1 Å². The van der Waals surface area contributed by atoms with Gasteiger partial charge in [0.05, 0.1) is 21.0 Å². The van der Waals surface area contributed by atoms with Crippen molar-refractivity contribution >= 4 is 33.2 Å². The number of carbonyl (C=O) groups excluding carboxylic acids is 1. The van der Waals surface area contributed by atoms with Crippen LogP contribution in [0.3, 0.4) is 0 Å². The summed E-state index contributed by atoms with van der Waals surface area (Å²) < 4.78 is 65.0. The van der Waals surface area contributed by atoms with E-state index in [9.17, 15) is 26.4 Å². The van der Waals surface area contributed by atoms with E-state index in [1.165, 1.54) is 36.2 Å². The molecule has 0 radical (unpaired) electrons. The molecular formula is C19H19ClF3N3O3S. The second kappa shape index (κ2) is 8.44. The molecule has 1 heterocycles. The van der Waals surface area contributed by atoms with Gasteiger partial charge in [0.15, 0.2) is 0 Å². The maximum Gasteiger partial charge on any atom is 0.416 e. The van der Waals surface area contributed by atoms with Gasteiger partial charge >= 0.3 is 6.18 Å². The maximum absolute atomic E-state index is 12.9. The highest BCUT2D eigenvalue weighted by atomic mass is 35.5. The van der Waals surface area contributed by atoms with Gasteiger partial charge in [0.1, 0.15) is 0 Å². The maximum atomic E-state index is 12.9. The number of hydrogen-bond acceptors (Lipinski definition) is 4. The number of alkyl halides is 3. The molecule has 11 heteroatoms. The van der Waals surface area contributed by atoms with Gasteiger partial charge in [-0.25, -0.2) is 13.1 Å². The third kappa shape index (κ3) is 4.71. The number of rotatable bonds is 4. The summed E-state index contributed by atoms with van der Waals surface area (Å²) in [7, 11) is -2.48. The first-order valence-electron chi connectivity index (χ1n) is 8.97. The predicted molar refractivity (Wildman–Crippen MR) is 107 cm³/mol. The van der Waals surface area contributed by atoms with Crippen molar-refractivity contribution in [3.63, 3.8) is 0 Å². The fourth-order valence-corrected chi connectivity index (χ4v) is 4.12. The molecule has 1 amide bonds. The summed E-state index contributed by atoms with van der Waals surface area (Å²) in [6.45, 7) is 1.18. The highest BCUT2D eigenvalue weighted by Crippen LogP contribution is 2.32. The topological polar surface area (TPSA) is 69.7 Å². The Labute approximate surface area is 177 Å². The van der Waals surface area contributed by atoms with Crippen LogP contribution in [0.5, 0.6) is 0 Å². The first-order chi connectivity index (χ1) is 14.0. The minimum atomic E-state index is -4.43. The molecule has 162 valence electrons. The van der Waals surface area contributed by atoms with E-state index in [2.05, 4.69) is 4.72 Å². The van der Waals surface area contributed by atoms with Crippen LogP contribution in [0.1, 0.15) is 15.9 Å². The van der Waals surface area contributed by atoms with Gasteiger partial charge in [-0.15, -0.1) is 0 Å². The van der Waals surface area contributed by atoms with Crippen molar-refractivity contribution < 1.29 is 26.4 Å². The summed E-state index contributed by atoms with van der Waals surface area (Å²) in [5.41, 5.74) is -0.245. The van der Waals surface area contributed by atoms with Gasteiger partial charge in [0, 0.05) is 31.9 Å². The van der Waals surface area contributed by atoms with Crippen LogP contribution < -0.4 is 9.62 Å². The molecule has 3 rings (SSSR count). The average Bonchev–Trinajstić information content (AvgIpc) is 2.73. The van der Waals surface area contributed by atoms with Crippen molar-refractivity contribution in [3.8, 4) is 0 Å². The number of piperazine rings is 1. The van der Waals surface area contributed by atoms with Gasteiger partial charge in [-0.3, -0.25) is 4.79 Å². The quantitative estimate of drug-likeness (QED) is 0.759. The van der Waals surface area contributed by atoms with Gasteiger partial charge < -0.3 is 9.80 Å². The number of sulfonamides is 1. The SMILES string of the molecule is CNS(=O)(=O)c1ccc(Cl)c(C(=O)N2CCN(c3cccc(C(F)(F)F)c3)CC2)c1. The Morgan fingerprint density at radius 2 is 1.73 bits per heavy atom. The summed E-state index contributed by atoms with van der Waals surface area (Å²) in [5.74, 6) is -0.433. The highest BCUT2D eigenvalue weighted by Gasteiger charge is 2.31. The standard InChI is InChI=1S/C19H19ClF3N3O3S/c1-24-30(28,29)15-5-6-17(20)16(12-15)18(27)26-9-7-25(8-10-26)14-4-2-3-13(11-14)19(21,22)23/h2-6,11-12,24H,7-10H2,1H3. The summed E-state index contributed by atoms with van der Waals surface area (Å²) in [4.78, 5) is 16.1. The number of halogens is 4. The fourth-order valence-electron chi connectivity index (χ4n) is 3.17. The Hall–Kier alpha value is -2.30. The van der Waals surface area contributed by atoms with E-state index in [4.69, 9.17) is 11.6 Å². The summed E-state index contributed by atoms with van der Waals surface area (Å²) >= 11 is 6.11. The number of hydrogen-bond donors (Lipinski definition) is 1. The van der Waals surface area contributed by atoms with Crippen molar-refractivity contribution in [2.45, 2.75) is 11.1 Å². The largest absolute Gasteiger partial charge is 0.416 e. The highest BCUT2D eigenvalue weighted by molar-refractivity contribution is 7.89. The number of nitrogens with one attached hydrogen (secondary N) is 1. The molecule has 2 aromatic rings.